The second kappa shape index (κ2) is 12.9. The minimum Gasteiger partial charge on any atom is -0.377 e. The van der Waals surface area contributed by atoms with Gasteiger partial charge in [0, 0.05) is 45.4 Å². The van der Waals surface area contributed by atoms with Crippen molar-refractivity contribution < 1.29 is 28.5 Å². The fourth-order valence-electron chi connectivity index (χ4n) is 4.89. The molecule has 37 heavy (non-hydrogen) atoms. The lowest BCUT2D eigenvalue weighted by molar-refractivity contribution is -0.135. The minimum absolute atomic E-state index is 0.0749. The number of ether oxygens (including phenoxy) is 4. The first-order chi connectivity index (χ1) is 17.0. The molecule has 0 aromatic rings. The molecule has 1 atom stereocenters. The first-order valence-corrected chi connectivity index (χ1v) is 14.3. The number of amides is 2. The predicted octanol–water partition coefficient (Wildman–Crippen LogP) is 3.38. The van der Waals surface area contributed by atoms with Gasteiger partial charge in [0.1, 0.15) is 22.4 Å². The maximum atomic E-state index is 12.8. The van der Waals surface area contributed by atoms with Crippen molar-refractivity contribution in [3.63, 3.8) is 0 Å². The maximum Gasteiger partial charge on any atom is 0.245 e. The van der Waals surface area contributed by atoms with Gasteiger partial charge in [-0.15, -0.1) is 0 Å². The van der Waals surface area contributed by atoms with Crippen LogP contribution in [0.5, 0.6) is 0 Å². The molecule has 12 heteroatoms. The molecule has 2 saturated heterocycles. The van der Waals surface area contributed by atoms with Crippen molar-refractivity contribution in [1.29, 1.82) is 0 Å². The van der Waals surface area contributed by atoms with E-state index in [4.69, 9.17) is 18.9 Å². The molecule has 10 nitrogen and oxygen atoms in total. The van der Waals surface area contributed by atoms with Crippen LogP contribution >= 0.6 is 32.3 Å². The predicted molar refractivity (Wildman–Crippen MR) is 149 cm³/mol. The maximum absolute atomic E-state index is 12.8. The Bertz CT molecular complexity index is 795. The molecule has 0 spiro atoms. The van der Waals surface area contributed by atoms with E-state index in [1.54, 1.807) is 0 Å². The van der Waals surface area contributed by atoms with Crippen LogP contribution in [-0.2, 0) is 28.5 Å². The monoisotopic (exact) mass is 656 g/mol. The molecule has 2 rings (SSSR count). The van der Waals surface area contributed by atoms with E-state index in [2.05, 4.69) is 32.3 Å². The number of nitrogens with zero attached hydrogens (tertiary/aromatic N) is 4. The van der Waals surface area contributed by atoms with Crippen molar-refractivity contribution in [3.8, 4) is 0 Å². The van der Waals surface area contributed by atoms with Gasteiger partial charge in [0.25, 0.3) is 0 Å². The van der Waals surface area contributed by atoms with Gasteiger partial charge in [0.2, 0.25) is 11.8 Å². The zero-order valence-electron chi connectivity index (χ0n) is 23.9. The van der Waals surface area contributed by atoms with Gasteiger partial charge in [0.15, 0.2) is 0 Å². The van der Waals surface area contributed by atoms with Gasteiger partial charge in [-0.1, -0.05) is 0 Å². The molecular formula is C25H46Br2N4O6. The second-order valence-corrected chi connectivity index (χ2v) is 13.0. The van der Waals surface area contributed by atoms with Crippen LogP contribution in [0.15, 0.2) is 0 Å². The summed E-state index contributed by atoms with van der Waals surface area (Å²) < 4.78 is 26.6. The third-order valence-corrected chi connectivity index (χ3v) is 10.6. The normalized spacial score (nSPS) is 23.9. The van der Waals surface area contributed by atoms with Crippen molar-refractivity contribution >= 4 is 44.1 Å². The first kappa shape index (κ1) is 32.9. The van der Waals surface area contributed by atoms with Gasteiger partial charge < -0.3 is 28.7 Å². The molecule has 0 aromatic carbocycles. The number of carbonyl (C=O) groups is 2. The lowest BCUT2D eigenvalue weighted by Crippen LogP contribution is -2.47. The minimum atomic E-state index is -0.598. The Morgan fingerprint density at radius 1 is 0.649 bits per heavy atom. The van der Waals surface area contributed by atoms with Crippen LogP contribution in [-0.4, -0.2) is 117 Å². The highest BCUT2D eigenvalue weighted by Crippen LogP contribution is 2.41. The molecule has 2 fully saturated rings. The van der Waals surface area contributed by atoms with Crippen LogP contribution in [0.2, 0.25) is 0 Å². The molecule has 0 aliphatic carbocycles. The van der Waals surface area contributed by atoms with Crippen molar-refractivity contribution in [2.24, 2.45) is 0 Å². The van der Waals surface area contributed by atoms with E-state index < -0.39 is 22.4 Å². The molecule has 2 amide bonds. The Morgan fingerprint density at radius 2 is 1.03 bits per heavy atom. The Morgan fingerprint density at radius 3 is 1.43 bits per heavy atom. The summed E-state index contributed by atoms with van der Waals surface area (Å²) in [4.78, 5) is 29.1. The number of hydrogen-bond donors (Lipinski definition) is 0. The topological polar surface area (TPSA) is 84.0 Å². The highest BCUT2D eigenvalue weighted by atomic mass is 79.9. The van der Waals surface area contributed by atoms with Crippen LogP contribution in [0.3, 0.4) is 0 Å². The average Bonchev–Trinajstić information content (AvgIpc) is 3.00. The SMILES string of the molecule is C[C@H](COCCOCCOCCN1C(=O)C(C)(C)N(Br)C1(C)C)OCCN1C(=O)C(C)(C)N(Br)C1(C)C. The zero-order valence-corrected chi connectivity index (χ0v) is 27.1. The fourth-order valence-corrected chi connectivity index (χ4v) is 5.58. The van der Waals surface area contributed by atoms with Gasteiger partial charge in [0.05, 0.1) is 52.4 Å². The Kier molecular flexibility index (Phi) is 11.4. The quantitative estimate of drug-likeness (QED) is 0.196. The average molecular weight is 658 g/mol. The van der Waals surface area contributed by atoms with Crippen LogP contribution in [0.25, 0.3) is 0 Å². The summed E-state index contributed by atoms with van der Waals surface area (Å²) in [6.45, 7) is 21.9. The standard InChI is InChI=1S/C25H46Br2N4O6/c1-19(37-13-11-29-21(33)23(4,5)31(27)25(29,8)9)18-36-17-16-35-15-14-34-12-10-28-20(32)22(2,3)30(26)24(28,6)7/h19H,10-18H2,1-9H3/t19-/m1/s1. The van der Waals surface area contributed by atoms with E-state index in [-0.39, 0.29) is 17.9 Å². The molecule has 2 aliphatic rings. The summed E-state index contributed by atoms with van der Waals surface area (Å²) in [6, 6.07) is 0. The molecule has 0 radical (unpaired) electrons. The molecule has 0 bridgehead atoms. The van der Waals surface area contributed by atoms with Crippen LogP contribution in [0.4, 0.5) is 0 Å². The summed E-state index contributed by atoms with van der Waals surface area (Å²) in [5.74, 6) is 0.151. The van der Waals surface area contributed by atoms with E-state index >= 15 is 0 Å². The Labute approximate surface area is 239 Å². The van der Waals surface area contributed by atoms with Crippen molar-refractivity contribution in [2.45, 2.75) is 90.8 Å². The van der Waals surface area contributed by atoms with Gasteiger partial charge in [-0.3, -0.25) is 9.59 Å². The van der Waals surface area contributed by atoms with Crippen molar-refractivity contribution in [2.75, 3.05) is 59.3 Å². The van der Waals surface area contributed by atoms with E-state index in [1.807, 2.05) is 80.0 Å². The van der Waals surface area contributed by atoms with E-state index in [0.717, 1.165) is 0 Å². The van der Waals surface area contributed by atoms with Crippen molar-refractivity contribution in [3.05, 3.63) is 0 Å². The second-order valence-electron chi connectivity index (χ2n) is 11.6. The van der Waals surface area contributed by atoms with E-state index in [1.165, 1.54) is 0 Å². The number of halogens is 2. The van der Waals surface area contributed by atoms with E-state index in [0.29, 0.717) is 59.3 Å². The number of carbonyl (C=O) groups excluding carboxylic acids is 2. The summed E-state index contributed by atoms with van der Waals surface area (Å²) in [6.07, 6.45) is -0.0878. The largest absolute Gasteiger partial charge is 0.377 e. The molecular weight excluding hydrogens is 612 g/mol. The molecule has 0 saturated carbocycles. The van der Waals surface area contributed by atoms with Gasteiger partial charge in [-0.2, -0.15) is 0 Å². The highest BCUT2D eigenvalue weighted by Gasteiger charge is 2.56. The third-order valence-electron chi connectivity index (χ3n) is 7.07. The summed E-state index contributed by atoms with van der Waals surface area (Å²) >= 11 is 7.10. The smallest absolute Gasteiger partial charge is 0.245 e. The highest BCUT2D eigenvalue weighted by molar-refractivity contribution is 9.07. The molecule has 0 aromatic heterocycles. The Balaban J connectivity index is 1.50. The summed E-state index contributed by atoms with van der Waals surface area (Å²) in [7, 11) is 0. The van der Waals surface area contributed by atoms with Crippen LogP contribution in [0, 0.1) is 0 Å². The fraction of sp³-hybridized carbons (Fsp3) is 0.920. The van der Waals surface area contributed by atoms with Crippen LogP contribution in [0.1, 0.15) is 62.3 Å². The summed E-state index contributed by atoms with van der Waals surface area (Å²) in [5.41, 5.74) is -2.05. The molecule has 0 unspecified atom stereocenters. The zero-order chi connectivity index (χ0) is 28.2. The number of hydrogen-bond acceptors (Lipinski definition) is 8. The third kappa shape index (κ3) is 7.25. The van der Waals surface area contributed by atoms with E-state index in [9.17, 15) is 9.59 Å². The molecule has 0 N–H and O–H groups in total. The van der Waals surface area contributed by atoms with Gasteiger partial charge >= 0.3 is 0 Å². The molecule has 2 aliphatic heterocycles. The van der Waals surface area contributed by atoms with Crippen molar-refractivity contribution in [1.82, 2.24) is 17.7 Å². The Hall–Kier alpha value is -0.340. The molecule has 2 heterocycles. The first-order valence-electron chi connectivity index (χ1n) is 12.9. The lowest BCUT2D eigenvalue weighted by atomic mass is 10.1. The van der Waals surface area contributed by atoms with Gasteiger partial charge in [-0.25, -0.2) is 7.85 Å². The lowest BCUT2D eigenvalue weighted by Gasteiger charge is -2.35. The molecule has 216 valence electrons. The summed E-state index contributed by atoms with van der Waals surface area (Å²) in [5, 5.41) is 0. The van der Waals surface area contributed by atoms with Crippen LogP contribution < -0.4 is 0 Å². The van der Waals surface area contributed by atoms with Gasteiger partial charge in [-0.05, 0) is 62.3 Å². The number of rotatable bonds is 15.